The van der Waals surface area contributed by atoms with Crippen LogP contribution in [0.1, 0.15) is 13.8 Å². The van der Waals surface area contributed by atoms with Gasteiger partial charge in [-0.15, -0.1) is 0 Å². The van der Waals surface area contributed by atoms with Gasteiger partial charge < -0.3 is 9.84 Å². The third kappa shape index (κ3) is 38.9. The third-order valence-corrected chi connectivity index (χ3v) is 0.365. The fourth-order valence-corrected chi connectivity index (χ4v) is 0. The first-order chi connectivity index (χ1) is 3.68. The van der Waals surface area contributed by atoms with E-state index in [1.54, 1.807) is 14.2 Å². The molecule has 0 rings (SSSR count). The van der Waals surface area contributed by atoms with E-state index in [0.29, 0.717) is 12.5 Å². The predicted octanol–water partition coefficient (Wildman–Crippen LogP) is 0.897. The Bertz CT molecular complexity index is 27.7. The van der Waals surface area contributed by atoms with E-state index in [1.165, 1.54) is 0 Å². The number of aliphatic hydroxyl groups is 1. The number of aliphatic hydroxyl groups excluding tert-OH is 1. The van der Waals surface area contributed by atoms with Crippen LogP contribution in [-0.4, -0.2) is 25.9 Å². The van der Waals surface area contributed by atoms with E-state index in [9.17, 15) is 0 Å². The first-order valence-electron chi connectivity index (χ1n) is 2.70. The van der Waals surface area contributed by atoms with E-state index in [1.807, 2.05) is 13.8 Å². The molecule has 0 bridgehead atoms. The van der Waals surface area contributed by atoms with Gasteiger partial charge in [-0.25, -0.2) is 0 Å². The Kier molecular flexibility index (Phi) is 13.6. The molecule has 0 aromatic heterocycles. The molecule has 0 aliphatic rings. The molecule has 0 unspecified atom stereocenters. The van der Waals surface area contributed by atoms with Gasteiger partial charge in [0.25, 0.3) is 0 Å². The summed E-state index contributed by atoms with van der Waals surface area (Å²) >= 11 is 0. The summed E-state index contributed by atoms with van der Waals surface area (Å²) in [4.78, 5) is 0. The quantitative estimate of drug-likeness (QED) is 0.557. The van der Waals surface area contributed by atoms with E-state index in [-0.39, 0.29) is 0 Å². The monoisotopic (exact) mass is 120 g/mol. The molecule has 2 heteroatoms. The SMILES string of the molecule is CC(C)CO.COC. The standard InChI is InChI=1S/C4H10O.C2H6O/c1-4(2)3-5;1-3-2/h4-5H,3H2,1-2H3;1-2H3. The Morgan fingerprint density at radius 1 is 1.38 bits per heavy atom. The molecule has 0 aromatic rings. The van der Waals surface area contributed by atoms with Gasteiger partial charge in [-0.1, -0.05) is 13.8 Å². The summed E-state index contributed by atoms with van der Waals surface area (Å²) in [6.07, 6.45) is 0. The molecule has 2 nitrogen and oxygen atoms in total. The van der Waals surface area contributed by atoms with Crippen LogP contribution in [0.25, 0.3) is 0 Å². The highest BCUT2D eigenvalue weighted by Gasteiger charge is 1.81. The Hall–Kier alpha value is -0.0800. The summed E-state index contributed by atoms with van der Waals surface area (Å²) in [6.45, 7) is 4.25. The Morgan fingerprint density at radius 2 is 1.50 bits per heavy atom. The molecule has 8 heavy (non-hydrogen) atoms. The number of rotatable bonds is 1. The number of hydrogen-bond acceptors (Lipinski definition) is 2. The van der Waals surface area contributed by atoms with E-state index >= 15 is 0 Å². The van der Waals surface area contributed by atoms with Crippen LogP contribution < -0.4 is 0 Å². The van der Waals surface area contributed by atoms with Crippen molar-refractivity contribution < 1.29 is 9.84 Å². The molecule has 0 heterocycles. The van der Waals surface area contributed by atoms with Crippen LogP contribution in [0, 0.1) is 5.92 Å². The van der Waals surface area contributed by atoms with Crippen molar-refractivity contribution in [1.82, 2.24) is 0 Å². The van der Waals surface area contributed by atoms with Crippen LogP contribution in [0.2, 0.25) is 0 Å². The summed E-state index contributed by atoms with van der Waals surface area (Å²) in [7, 11) is 3.25. The fourth-order valence-electron chi connectivity index (χ4n) is 0. The number of methoxy groups -OCH3 is 1. The van der Waals surface area contributed by atoms with Crippen molar-refractivity contribution in [2.75, 3.05) is 20.8 Å². The van der Waals surface area contributed by atoms with Gasteiger partial charge in [0, 0.05) is 20.8 Å². The zero-order valence-electron chi connectivity index (χ0n) is 6.14. The topological polar surface area (TPSA) is 29.5 Å². The summed E-state index contributed by atoms with van der Waals surface area (Å²) in [6, 6.07) is 0. The van der Waals surface area contributed by atoms with Crippen molar-refractivity contribution in [1.29, 1.82) is 0 Å². The molecular weight excluding hydrogens is 104 g/mol. The minimum absolute atomic E-state index is 0.306. The summed E-state index contributed by atoms with van der Waals surface area (Å²) in [5, 5.41) is 8.14. The molecule has 0 saturated carbocycles. The molecule has 0 saturated heterocycles. The highest BCUT2D eigenvalue weighted by Crippen LogP contribution is 1.83. The lowest BCUT2D eigenvalue weighted by atomic mass is 10.2. The second kappa shape index (κ2) is 10.0. The lowest BCUT2D eigenvalue weighted by molar-refractivity contribution is 0.248. The molecule has 52 valence electrons. The molecule has 0 atom stereocenters. The summed E-state index contributed by atoms with van der Waals surface area (Å²) in [5.41, 5.74) is 0. The smallest absolute Gasteiger partial charge is 0.0453 e. The van der Waals surface area contributed by atoms with Crippen molar-refractivity contribution in [3.05, 3.63) is 0 Å². The second-order valence-corrected chi connectivity index (χ2v) is 1.98. The van der Waals surface area contributed by atoms with Crippen LogP contribution in [0.15, 0.2) is 0 Å². The van der Waals surface area contributed by atoms with Gasteiger partial charge >= 0.3 is 0 Å². The molecule has 0 radical (unpaired) electrons. The second-order valence-electron chi connectivity index (χ2n) is 1.98. The zero-order chi connectivity index (χ0) is 6.99. The lowest BCUT2D eigenvalue weighted by Crippen LogP contribution is -1.90. The van der Waals surface area contributed by atoms with Crippen molar-refractivity contribution in [2.24, 2.45) is 5.92 Å². The number of hydrogen-bond donors (Lipinski definition) is 1. The van der Waals surface area contributed by atoms with Crippen LogP contribution in [0.4, 0.5) is 0 Å². The molecule has 0 amide bonds. The van der Waals surface area contributed by atoms with Crippen molar-refractivity contribution in [2.45, 2.75) is 13.8 Å². The van der Waals surface area contributed by atoms with Gasteiger partial charge in [0.1, 0.15) is 0 Å². The number of ether oxygens (including phenoxy) is 1. The van der Waals surface area contributed by atoms with E-state index in [4.69, 9.17) is 5.11 Å². The van der Waals surface area contributed by atoms with Gasteiger partial charge in [-0.05, 0) is 5.92 Å². The maximum absolute atomic E-state index is 8.14. The van der Waals surface area contributed by atoms with Crippen LogP contribution in [0.3, 0.4) is 0 Å². The summed E-state index contributed by atoms with van der Waals surface area (Å²) in [5.74, 6) is 0.440. The van der Waals surface area contributed by atoms with Crippen molar-refractivity contribution in [3.63, 3.8) is 0 Å². The van der Waals surface area contributed by atoms with Crippen LogP contribution in [-0.2, 0) is 4.74 Å². The predicted molar refractivity (Wildman–Crippen MR) is 34.9 cm³/mol. The van der Waals surface area contributed by atoms with Gasteiger partial charge in [0.2, 0.25) is 0 Å². The van der Waals surface area contributed by atoms with Crippen molar-refractivity contribution in [3.8, 4) is 0 Å². The van der Waals surface area contributed by atoms with E-state index in [0.717, 1.165) is 0 Å². The zero-order valence-corrected chi connectivity index (χ0v) is 6.14. The van der Waals surface area contributed by atoms with Gasteiger partial charge in [-0.2, -0.15) is 0 Å². The lowest BCUT2D eigenvalue weighted by Gasteiger charge is -1.90. The average Bonchev–Trinajstić information content (AvgIpc) is 1.69. The minimum Gasteiger partial charge on any atom is -0.396 e. The highest BCUT2D eigenvalue weighted by molar-refractivity contribution is 4.32. The van der Waals surface area contributed by atoms with Gasteiger partial charge in [-0.3, -0.25) is 0 Å². The molecule has 0 spiro atoms. The van der Waals surface area contributed by atoms with E-state index in [2.05, 4.69) is 4.74 Å². The Balaban J connectivity index is 0. The highest BCUT2D eigenvalue weighted by atomic mass is 16.4. The molecule has 0 fully saturated rings. The maximum atomic E-state index is 8.14. The molecule has 0 aliphatic heterocycles. The molecule has 0 aromatic carbocycles. The van der Waals surface area contributed by atoms with Gasteiger partial charge in [0.05, 0.1) is 0 Å². The Labute approximate surface area is 51.5 Å². The average molecular weight is 120 g/mol. The van der Waals surface area contributed by atoms with Crippen LogP contribution >= 0.6 is 0 Å². The summed E-state index contributed by atoms with van der Waals surface area (Å²) < 4.78 is 4.25. The normalized spacial score (nSPS) is 8.25. The van der Waals surface area contributed by atoms with Crippen LogP contribution in [0.5, 0.6) is 0 Å². The largest absolute Gasteiger partial charge is 0.396 e. The first kappa shape index (κ1) is 10.8. The third-order valence-electron chi connectivity index (χ3n) is 0.365. The van der Waals surface area contributed by atoms with Crippen molar-refractivity contribution >= 4 is 0 Å². The first-order valence-corrected chi connectivity index (χ1v) is 2.70. The van der Waals surface area contributed by atoms with E-state index < -0.39 is 0 Å². The maximum Gasteiger partial charge on any atom is 0.0453 e. The molecule has 1 N–H and O–H groups in total. The fraction of sp³-hybridized carbons (Fsp3) is 1.00. The molecule has 0 aliphatic carbocycles. The minimum atomic E-state index is 0.306. The van der Waals surface area contributed by atoms with Gasteiger partial charge in [0.15, 0.2) is 0 Å². The Morgan fingerprint density at radius 3 is 1.50 bits per heavy atom. The molecular formula is C6H16O2.